The highest BCUT2D eigenvalue weighted by atomic mass is 127. The molecule has 1 heterocycles. The lowest BCUT2D eigenvalue weighted by atomic mass is 10.1. The van der Waals surface area contributed by atoms with E-state index in [-0.39, 0.29) is 24.0 Å². The maximum absolute atomic E-state index is 12.6. The Labute approximate surface area is 163 Å². The van der Waals surface area contributed by atoms with Crippen molar-refractivity contribution in [1.29, 1.82) is 0 Å². The first-order valence-corrected chi connectivity index (χ1v) is 8.17. The number of likely N-dealkylation sites (tertiary alicyclic amines) is 1. The van der Waals surface area contributed by atoms with Crippen LogP contribution in [0.25, 0.3) is 0 Å². The second-order valence-electron chi connectivity index (χ2n) is 5.74. The van der Waals surface area contributed by atoms with Gasteiger partial charge in [-0.3, -0.25) is 4.99 Å². The number of hydrogen-bond acceptors (Lipinski definition) is 2. The first-order chi connectivity index (χ1) is 11.4. The van der Waals surface area contributed by atoms with Gasteiger partial charge in [0, 0.05) is 33.3 Å². The van der Waals surface area contributed by atoms with Crippen LogP contribution in [0, 0.1) is 0 Å². The number of benzene rings is 1. The zero-order valence-electron chi connectivity index (χ0n) is 14.5. The molecule has 4 nitrogen and oxygen atoms in total. The highest BCUT2D eigenvalue weighted by Gasteiger charge is 2.30. The molecule has 2 rings (SSSR count). The van der Waals surface area contributed by atoms with Gasteiger partial charge in [0.1, 0.15) is 0 Å². The van der Waals surface area contributed by atoms with Crippen molar-refractivity contribution >= 4 is 29.9 Å². The number of ether oxygens (including phenoxy) is 1. The Balaban J connectivity index is 0.00000312. The van der Waals surface area contributed by atoms with Gasteiger partial charge in [0.05, 0.1) is 11.7 Å². The van der Waals surface area contributed by atoms with Crippen LogP contribution in [-0.4, -0.2) is 43.7 Å². The molecule has 0 saturated carbocycles. The first-order valence-electron chi connectivity index (χ1n) is 8.17. The normalized spacial score (nSPS) is 16.5. The van der Waals surface area contributed by atoms with Crippen molar-refractivity contribution in [2.75, 3.05) is 26.7 Å². The molecule has 0 atom stereocenters. The lowest BCUT2D eigenvalue weighted by Gasteiger charge is -2.34. The summed E-state index contributed by atoms with van der Waals surface area (Å²) in [5, 5.41) is 3.21. The van der Waals surface area contributed by atoms with Crippen LogP contribution in [0.2, 0.25) is 0 Å². The van der Waals surface area contributed by atoms with Gasteiger partial charge in [-0.1, -0.05) is 12.1 Å². The standard InChI is InChI=1S/C17H24F3N3O.HI/c1-3-24-15-8-10-23(11-9-15)16(21-2)22-12-13-4-6-14(7-5-13)17(18,19)20;/h4-7,15H,3,8-12H2,1-2H3,(H,21,22);1H. The van der Waals surface area contributed by atoms with Crippen molar-refractivity contribution in [2.45, 2.75) is 38.6 Å². The fraction of sp³-hybridized carbons (Fsp3) is 0.588. The number of nitrogens with one attached hydrogen (secondary N) is 1. The molecule has 1 aromatic carbocycles. The number of piperidine rings is 1. The average molecular weight is 471 g/mol. The zero-order chi connectivity index (χ0) is 17.6. The van der Waals surface area contributed by atoms with Crippen LogP contribution in [0.1, 0.15) is 30.9 Å². The van der Waals surface area contributed by atoms with E-state index in [0.717, 1.165) is 56.2 Å². The quantitative estimate of drug-likeness (QED) is 0.411. The molecule has 0 spiro atoms. The third-order valence-electron chi connectivity index (χ3n) is 4.09. The van der Waals surface area contributed by atoms with E-state index in [0.29, 0.717) is 12.6 Å². The number of aliphatic imine (C=N–C) groups is 1. The predicted octanol–water partition coefficient (Wildman–Crippen LogP) is 3.90. The summed E-state index contributed by atoms with van der Waals surface area (Å²) in [6.07, 6.45) is -2.09. The Hall–Kier alpha value is -1.03. The van der Waals surface area contributed by atoms with E-state index in [1.165, 1.54) is 12.1 Å². The molecular formula is C17H25F3IN3O. The van der Waals surface area contributed by atoms with Crippen LogP contribution >= 0.6 is 24.0 Å². The number of alkyl halides is 3. The molecule has 1 saturated heterocycles. The van der Waals surface area contributed by atoms with Gasteiger partial charge in [0.15, 0.2) is 5.96 Å². The summed E-state index contributed by atoms with van der Waals surface area (Å²) in [4.78, 5) is 6.42. The summed E-state index contributed by atoms with van der Waals surface area (Å²) in [6, 6.07) is 5.19. The molecule has 1 aromatic rings. The number of rotatable bonds is 4. The Morgan fingerprint density at radius 1 is 1.24 bits per heavy atom. The smallest absolute Gasteiger partial charge is 0.378 e. The van der Waals surface area contributed by atoms with Gasteiger partial charge in [-0.05, 0) is 37.5 Å². The largest absolute Gasteiger partial charge is 0.416 e. The topological polar surface area (TPSA) is 36.9 Å². The molecule has 25 heavy (non-hydrogen) atoms. The second-order valence-corrected chi connectivity index (χ2v) is 5.74. The Bertz CT molecular complexity index is 541. The van der Waals surface area contributed by atoms with Gasteiger partial charge in [-0.25, -0.2) is 0 Å². The number of nitrogens with zero attached hydrogens (tertiary/aromatic N) is 2. The van der Waals surface area contributed by atoms with Gasteiger partial charge in [0.25, 0.3) is 0 Å². The molecule has 0 radical (unpaired) electrons. The molecular weight excluding hydrogens is 446 g/mol. The Kier molecular flexibility index (Phi) is 8.98. The van der Waals surface area contributed by atoms with Crippen molar-refractivity contribution < 1.29 is 17.9 Å². The van der Waals surface area contributed by atoms with E-state index in [1.807, 2.05) is 6.92 Å². The fourth-order valence-corrected chi connectivity index (χ4v) is 2.79. The third kappa shape index (κ3) is 6.65. The van der Waals surface area contributed by atoms with Crippen molar-refractivity contribution in [1.82, 2.24) is 10.2 Å². The number of guanidine groups is 1. The fourth-order valence-electron chi connectivity index (χ4n) is 2.79. The average Bonchev–Trinajstić information content (AvgIpc) is 2.57. The minimum absolute atomic E-state index is 0. The third-order valence-corrected chi connectivity index (χ3v) is 4.09. The van der Waals surface area contributed by atoms with E-state index < -0.39 is 11.7 Å². The van der Waals surface area contributed by atoms with Gasteiger partial charge in [-0.2, -0.15) is 13.2 Å². The van der Waals surface area contributed by atoms with Crippen molar-refractivity contribution in [2.24, 2.45) is 4.99 Å². The van der Waals surface area contributed by atoms with Crippen molar-refractivity contribution in [3.05, 3.63) is 35.4 Å². The van der Waals surface area contributed by atoms with Gasteiger partial charge >= 0.3 is 6.18 Å². The van der Waals surface area contributed by atoms with Crippen LogP contribution in [0.4, 0.5) is 13.2 Å². The van der Waals surface area contributed by atoms with Crippen LogP contribution in [0.3, 0.4) is 0 Å². The first kappa shape index (κ1) is 22.0. The molecule has 1 aliphatic heterocycles. The van der Waals surface area contributed by atoms with Crippen LogP contribution in [0.15, 0.2) is 29.3 Å². The SMILES string of the molecule is CCOC1CCN(C(=NC)NCc2ccc(C(F)(F)F)cc2)CC1.I. The minimum atomic E-state index is -4.30. The molecule has 0 amide bonds. The van der Waals surface area contributed by atoms with Gasteiger partial charge < -0.3 is 15.0 Å². The van der Waals surface area contributed by atoms with E-state index in [4.69, 9.17) is 4.74 Å². The number of hydrogen-bond donors (Lipinski definition) is 1. The molecule has 142 valence electrons. The van der Waals surface area contributed by atoms with E-state index >= 15 is 0 Å². The molecule has 1 aliphatic rings. The summed E-state index contributed by atoms with van der Waals surface area (Å²) in [6.45, 7) is 4.88. The predicted molar refractivity (Wildman–Crippen MR) is 103 cm³/mol. The monoisotopic (exact) mass is 471 g/mol. The molecule has 0 bridgehead atoms. The van der Waals surface area contributed by atoms with E-state index in [9.17, 15) is 13.2 Å². The molecule has 1 fully saturated rings. The highest BCUT2D eigenvalue weighted by Crippen LogP contribution is 2.29. The summed E-state index contributed by atoms with van der Waals surface area (Å²) in [7, 11) is 1.71. The van der Waals surface area contributed by atoms with Crippen LogP contribution in [-0.2, 0) is 17.5 Å². The van der Waals surface area contributed by atoms with Gasteiger partial charge in [0.2, 0.25) is 0 Å². The van der Waals surface area contributed by atoms with E-state index in [1.54, 1.807) is 7.05 Å². The van der Waals surface area contributed by atoms with Crippen LogP contribution < -0.4 is 5.32 Å². The zero-order valence-corrected chi connectivity index (χ0v) is 16.8. The van der Waals surface area contributed by atoms with Gasteiger partial charge in [-0.15, -0.1) is 24.0 Å². The molecule has 0 unspecified atom stereocenters. The molecule has 0 aliphatic carbocycles. The highest BCUT2D eigenvalue weighted by molar-refractivity contribution is 14.0. The van der Waals surface area contributed by atoms with Crippen LogP contribution in [0.5, 0.6) is 0 Å². The summed E-state index contributed by atoms with van der Waals surface area (Å²) >= 11 is 0. The van der Waals surface area contributed by atoms with Crippen molar-refractivity contribution in [3.8, 4) is 0 Å². The Morgan fingerprint density at radius 2 is 1.84 bits per heavy atom. The molecule has 8 heteroatoms. The molecule has 1 N–H and O–H groups in total. The minimum Gasteiger partial charge on any atom is -0.378 e. The number of halogens is 4. The maximum atomic E-state index is 12.6. The summed E-state index contributed by atoms with van der Waals surface area (Å²) in [5.41, 5.74) is 0.155. The lowest BCUT2D eigenvalue weighted by Crippen LogP contribution is -2.46. The van der Waals surface area contributed by atoms with E-state index in [2.05, 4.69) is 15.2 Å². The lowest BCUT2D eigenvalue weighted by molar-refractivity contribution is -0.137. The van der Waals surface area contributed by atoms with Crippen molar-refractivity contribution in [3.63, 3.8) is 0 Å². The molecule has 0 aromatic heterocycles. The Morgan fingerprint density at radius 3 is 2.32 bits per heavy atom. The summed E-state index contributed by atoms with van der Waals surface area (Å²) < 4.78 is 43.3. The maximum Gasteiger partial charge on any atom is 0.416 e. The summed E-state index contributed by atoms with van der Waals surface area (Å²) in [5.74, 6) is 0.768. The second kappa shape index (κ2) is 10.2.